The minimum atomic E-state index is -0.0743. The summed E-state index contributed by atoms with van der Waals surface area (Å²) >= 11 is 0. The Morgan fingerprint density at radius 1 is 1.28 bits per heavy atom. The lowest BCUT2D eigenvalue weighted by Crippen LogP contribution is -2.07. The first-order valence-electron chi connectivity index (χ1n) is 5.59. The van der Waals surface area contributed by atoms with Gasteiger partial charge in [-0.05, 0) is 24.3 Å². The zero-order valence-electron chi connectivity index (χ0n) is 10.3. The van der Waals surface area contributed by atoms with Crippen molar-refractivity contribution < 1.29 is 4.79 Å². The molecule has 1 heterocycles. The van der Waals surface area contributed by atoms with Gasteiger partial charge in [0.1, 0.15) is 12.2 Å². The molecule has 94 valence electrons. The van der Waals surface area contributed by atoms with Crippen LogP contribution in [-0.2, 0) is 18.4 Å². The highest BCUT2D eigenvalue weighted by Crippen LogP contribution is 2.13. The number of aromatic nitrogens is 3. The topological polar surface area (TPSA) is 71.8 Å². The summed E-state index contributed by atoms with van der Waals surface area (Å²) < 4.78 is 1.72. The highest BCUT2D eigenvalue weighted by Gasteiger charge is 2.00. The average molecular weight is 245 g/mol. The SMILES string of the molecule is CC(=O)Nc1ccc(NCc2ncnn2C)cc1. The number of nitrogens with zero attached hydrogens (tertiary/aromatic N) is 3. The van der Waals surface area contributed by atoms with E-state index in [0.29, 0.717) is 6.54 Å². The van der Waals surface area contributed by atoms with Crippen LogP contribution in [0.1, 0.15) is 12.7 Å². The summed E-state index contributed by atoms with van der Waals surface area (Å²) in [4.78, 5) is 15.0. The molecular weight excluding hydrogens is 230 g/mol. The lowest BCUT2D eigenvalue weighted by Gasteiger charge is -2.07. The number of hydrogen-bond donors (Lipinski definition) is 2. The molecule has 0 atom stereocenters. The molecule has 0 bridgehead atoms. The maximum atomic E-state index is 10.9. The molecule has 0 aliphatic rings. The molecule has 1 amide bonds. The van der Waals surface area contributed by atoms with Gasteiger partial charge in [-0.3, -0.25) is 9.48 Å². The molecule has 0 saturated carbocycles. The molecule has 0 spiro atoms. The quantitative estimate of drug-likeness (QED) is 0.853. The zero-order valence-corrected chi connectivity index (χ0v) is 10.3. The van der Waals surface area contributed by atoms with E-state index in [1.165, 1.54) is 13.3 Å². The summed E-state index contributed by atoms with van der Waals surface area (Å²) in [5.41, 5.74) is 1.75. The molecule has 2 aromatic rings. The number of anilines is 2. The van der Waals surface area contributed by atoms with Crippen LogP contribution in [0, 0.1) is 0 Å². The maximum Gasteiger partial charge on any atom is 0.221 e. The second-order valence-electron chi connectivity index (χ2n) is 3.91. The molecule has 6 nitrogen and oxygen atoms in total. The third-order valence-corrected chi connectivity index (χ3v) is 2.46. The van der Waals surface area contributed by atoms with Gasteiger partial charge in [0, 0.05) is 25.3 Å². The zero-order chi connectivity index (χ0) is 13.0. The molecule has 2 rings (SSSR count). The van der Waals surface area contributed by atoms with E-state index in [1.807, 2.05) is 31.3 Å². The summed E-state index contributed by atoms with van der Waals surface area (Å²) in [5.74, 6) is 0.788. The Morgan fingerprint density at radius 2 is 1.94 bits per heavy atom. The number of benzene rings is 1. The van der Waals surface area contributed by atoms with Gasteiger partial charge in [-0.25, -0.2) is 4.98 Å². The average Bonchev–Trinajstić information content (AvgIpc) is 2.73. The van der Waals surface area contributed by atoms with Crippen molar-refractivity contribution >= 4 is 17.3 Å². The van der Waals surface area contributed by atoms with Crippen molar-refractivity contribution in [1.29, 1.82) is 0 Å². The number of rotatable bonds is 4. The van der Waals surface area contributed by atoms with Crippen LogP contribution in [0.3, 0.4) is 0 Å². The van der Waals surface area contributed by atoms with Crippen LogP contribution in [0.5, 0.6) is 0 Å². The molecule has 0 aliphatic carbocycles. The standard InChI is InChI=1S/C12H15N5O/c1-9(18)16-11-5-3-10(4-6-11)13-7-12-14-8-15-17(12)2/h3-6,8,13H,7H2,1-2H3,(H,16,18). The molecule has 0 unspecified atom stereocenters. The van der Waals surface area contributed by atoms with E-state index < -0.39 is 0 Å². The van der Waals surface area contributed by atoms with Gasteiger partial charge >= 0.3 is 0 Å². The molecule has 1 aromatic carbocycles. The van der Waals surface area contributed by atoms with Gasteiger partial charge in [0.05, 0.1) is 6.54 Å². The Balaban J connectivity index is 1.94. The number of hydrogen-bond acceptors (Lipinski definition) is 4. The molecule has 1 aromatic heterocycles. The Hall–Kier alpha value is -2.37. The van der Waals surface area contributed by atoms with Crippen LogP contribution in [-0.4, -0.2) is 20.7 Å². The van der Waals surface area contributed by atoms with E-state index in [4.69, 9.17) is 0 Å². The summed E-state index contributed by atoms with van der Waals surface area (Å²) in [6, 6.07) is 7.50. The lowest BCUT2D eigenvalue weighted by molar-refractivity contribution is -0.114. The van der Waals surface area contributed by atoms with E-state index >= 15 is 0 Å². The van der Waals surface area contributed by atoms with Crippen LogP contribution in [0.4, 0.5) is 11.4 Å². The van der Waals surface area contributed by atoms with E-state index in [2.05, 4.69) is 20.7 Å². The van der Waals surface area contributed by atoms with E-state index in [0.717, 1.165) is 17.2 Å². The Kier molecular flexibility index (Phi) is 3.57. The van der Waals surface area contributed by atoms with Gasteiger partial charge in [-0.1, -0.05) is 0 Å². The summed E-state index contributed by atoms with van der Waals surface area (Å²) in [6.07, 6.45) is 1.52. The van der Waals surface area contributed by atoms with Crippen LogP contribution in [0.2, 0.25) is 0 Å². The van der Waals surface area contributed by atoms with Gasteiger partial charge in [-0.2, -0.15) is 5.10 Å². The van der Waals surface area contributed by atoms with Gasteiger partial charge in [0.15, 0.2) is 0 Å². The number of carbonyl (C=O) groups excluding carboxylic acids is 1. The summed E-state index contributed by atoms with van der Waals surface area (Å²) in [6.45, 7) is 2.09. The predicted molar refractivity (Wildman–Crippen MR) is 69.1 cm³/mol. The second kappa shape index (κ2) is 5.31. The normalized spacial score (nSPS) is 10.1. The van der Waals surface area contributed by atoms with Crippen LogP contribution in [0.25, 0.3) is 0 Å². The largest absolute Gasteiger partial charge is 0.378 e. The fourth-order valence-electron chi connectivity index (χ4n) is 1.54. The number of nitrogens with one attached hydrogen (secondary N) is 2. The van der Waals surface area contributed by atoms with Crippen LogP contribution in [0.15, 0.2) is 30.6 Å². The summed E-state index contributed by atoms with van der Waals surface area (Å²) in [7, 11) is 1.85. The highest BCUT2D eigenvalue weighted by molar-refractivity contribution is 5.88. The minimum Gasteiger partial charge on any atom is -0.378 e. The first kappa shape index (κ1) is 12.1. The van der Waals surface area contributed by atoms with E-state index in [-0.39, 0.29) is 5.91 Å². The van der Waals surface area contributed by atoms with Crippen molar-refractivity contribution in [1.82, 2.24) is 14.8 Å². The van der Waals surface area contributed by atoms with Crippen molar-refractivity contribution in [3.8, 4) is 0 Å². The van der Waals surface area contributed by atoms with Crippen molar-refractivity contribution in [2.24, 2.45) is 7.05 Å². The van der Waals surface area contributed by atoms with Crippen LogP contribution >= 0.6 is 0 Å². The molecule has 18 heavy (non-hydrogen) atoms. The maximum absolute atomic E-state index is 10.9. The van der Waals surface area contributed by atoms with Gasteiger partial charge in [0.2, 0.25) is 5.91 Å². The first-order chi connectivity index (χ1) is 8.65. The van der Waals surface area contributed by atoms with E-state index in [1.54, 1.807) is 4.68 Å². The van der Waals surface area contributed by atoms with Crippen molar-refractivity contribution in [2.75, 3.05) is 10.6 Å². The lowest BCUT2D eigenvalue weighted by atomic mass is 10.2. The molecule has 0 radical (unpaired) electrons. The van der Waals surface area contributed by atoms with E-state index in [9.17, 15) is 4.79 Å². The highest BCUT2D eigenvalue weighted by atomic mass is 16.1. The molecule has 2 N–H and O–H groups in total. The third-order valence-electron chi connectivity index (χ3n) is 2.46. The molecule has 6 heteroatoms. The Bertz CT molecular complexity index is 532. The molecule has 0 saturated heterocycles. The predicted octanol–water partition coefficient (Wildman–Crippen LogP) is 1.39. The number of carbonyl (C=O) groups is 1. The molecule has 0 aliphatic heterocycles. The number of aryl methyl sites for hydroxylation is 1. The third kappa shape index (κ3) is 3.07. The fourth-order valence-corrected chi connectivity index (χ4v) is 1.54. The smallest absolute Gasteiger partial charge is 0.221 e. The minimum absolute atomic E-state index is 0.0743. The fraction of sp³-hybridized carbons (Fsp3) is 0.250. The van der Waals surface area contributed by atoms with Crippen molar-refractivity contribution in [3.63, 3.8) is 0 Å². The van der Waals surface area contributed by atoms with Crippen molar-refractivity contribution in [3.05, 3.63) is 36.4 Å². The molecule has 0 fully saturated rings. The Labute approximate surface area is 105 Å². The number of amides is 1. The first-order valence-corrected chi connectivity index (χ1v) is 5.59. The monoisotopic (exact) mass is 245 g/mol. The van der Waals surface area contributed by atoms with Crippen molar-refractivity contribution in [2.45, 2.75) is 13.5 Å². The summed E-state index contributed by atoms with van der Waals surface area (Å²) in [5, 5.41) is 9.94. The van der Waals surface area contributed by atoms with Gasteiger partial charge in [0.25, 0.3) is 0 Å². The van der Waals surface area contributed by atoms with Gasteiger partial charge < -0.3 is 10.6 Å². The van der Waals surface area contributed by atoms with Gasteiger partial charge in [-0.15, -0.1) is 0 Å². The molecular formula is C12H15N5O. The Morgan fingerprint density at radius 3 is 2.50 bits per heavy atom. The second-order valence-corrected chi connectivity index (χ2v) is 3.91. The van der Waals surface area contributed by atoms with Crippen LogP contribution < -0.4 is 10.6 Å².